The summed E-state index contributed by atoms with van der Waals surface area (Å²) in [5.74, 6) is 0.0275. The summed E-state index contributed by atoms with van der Waals surface area (Å²) in [5.41, 5.74) is 0.436. The van der Waals surface area contributed by atoms with Crippen LogP contribution in [0.2, 0.25) is 0 Å². The number of alkyl halides is 1. The molecule has 0 bridgehead atoms. The van der Waals surface area contributed by atoms with Crippen molar-refractivity contribution in [1.29, 1.82) is 0 Å². The van der Waals surface area contributed by atoms with Gasteiger partial charge in [-0.25, -0.2) is 13.9 Å². The number of aryl methyl sites for hydroxylation is 1. The highest BCUT2D eigenvalue weighted by molar-refractivity contribution is 5.87. The van der Waals surface area contributed by atoms with Crippen molar-refractivity contribution in [3.05, 3.63) is 43.5 Å². The van der Waals surface area contributed by atoms with Gasteiger partial charge < -0.3 is 9.64 Å². The van der Waals surface area contributed by atoms with Crippen LogP contribution >= 0.6 is 0 Å². The van der Waals surface area contributed by atoms with Gasteiger partial charge in [0.05, 0.1) is 30.8 Å². The molecule has 0 unspecified atom stereocenters. The van der Waals surface area contributed by atoms with E-state index in [-0.39, 0.29) is 19.1 Å². The molecule has 1 atom stereocenters. The average molecular weight is 384 g/mol. The lowest BCUT2D eigenvalue weighted by atomic mass is 9.95. The summed E-state index contributed by atoms with van der Waals surface area (Å²) in [4.78, 5) is 17.8. The molecule has 0 N–H and O–H groups in total. The first kappa shape index (κ1) is 18.1. The third-order valence-electron chi connectivity index (χ3n) is 4.84. The van der Waals surface area contributed by atoms with Gasteiger partial charge >= 0.3 is 0 Å². The van der Waals surface area contributed by atoms with Crippen LogP contribution in [-0.4, -0.2) is 60.6 Å². The van der Waals surface area contributed by atoms with E-state index in [4.69, 9.17) is 4.74 Å². The second kappa shape index (κ2) is 7.06. The highest BCUT2D eigenvalue weighted by Gasteiger charge is 2.38. The molecule has 9 heteroatoms. The van der Waals surface area contributed by atoms with Crippen LogP contribution in [0.1, 0.15) is 12.8 Å². The summed E-state index contributed by atoms with van der Waals surface area (Å²) in [6, 6.07) is 1.76. The van der Waals surface area contributed by atoms with Gasteiger partial charge in [-0.2, -0.15) is 10.2 Å². The highest BCUT2D eigenvalue weighted by atomic mass is 19.1. The van der Waals surface area contributed by atoms with Crippen LogP contribution < -0.4 is 4.74 Å². The largest absolute Gasteiger partial charge is 0.473 e. The lowest BCUT2D eigenvalue weighted by Gasteiger charge is -2.36. The number of carbonyl (C=O) groups is 1. The Kier molecular flexibility index (Phi) is 4.58. The number of hydrogen-bond donors (Lipinski definition) is 0. The van der Waals surface area contributed by atoms with E-state index in [1.165, 1.54) is 11.0 Å². The standard InChI is InChI=1S/C19H21FN6O2/c1-3-17(27)25-8-4-6-19(20,12-25)13-28-18-16-5-7-21-26(16)11-15(23-18)14-9-22-24(2)10-14/h3,5,7,9-11H,1,4,6,8,12-13H2,2H3/t19-/m1/s1. The maximum atomic E-state index is 15.3. The Bertz CT molecular complexity index is 1030. The van der Waals surface area contributed by atoms with Gasteiger partial charge in [0.15, 0.2) is 5.67 Å². The first-order valence-electron chi connectivity index (χ1n) is 9.04. The molecule has 0 aromatic carbocycles. The monoisotopic (exact) mass is 384 g/mol. The number of ether oxygens (including phenoxy) is 1. The predicted octanol–water partition coefficient (Wildman–Crippen LogP) is 2.03. The van der Waals surface area contributed by atoms with Crippen molar-refractivity contribution in [2.24, 2.45) is 7.05 Å². The van der Waals surface area contributed by atoms with Crippen molar-refractivity contribution < 1.29 is 13.9 Å². The molecule has 1 aliphatic heterocycles. The Hall–Kier alpha value is -3.23. The molecule has 0 radical (unpaired) electrons. The fourth-order valence-corrected chi connectivity index (χ4v) is 3.42. The molecule has 0 aliphatic carbocycles. The van der Waals surface area contributed by atoms with E-state index in [2.05, 4.69) is 21.8 Å². The van der Waals surface area contributed by atoms with Crippen molar-refractivity contribution >= 4 is 11.4 Å². The molecular formula is C19H21FN6O2. The number of hydrogen-bond acceptors (Lipinski definition) is 5. The Balaban J connectivity index is 1.58. The van der Waals surface area contributed by atoms with Gasteiger partial charge in [-0.1, -0.05) is 6.58 Å². The fourth-order valence-electron chi connectivity index (χ4n) is 3.42. The second-order valence-corrected chi connectivity index (χ2v) is 7.00. The van der Waals surface area contributed by atoms with Crippen LogP contribution in [0, 0.1) is 0 Å². The van der Waals surface area contributed by atoms with E-state index in [0.717, 1.165) is 5.56 Å². The minimum atomic E-state index is -1.64. The number of amides is 1. The van der Waals surface area contributed by atoms with Crippen LogP contribution in [0.5, 0.6) is 5.88 Å². The summed E-state index contributed by atoms with van der Waals surface area (Å²) >= 11 is 0. The van der Waals surface area contributed by atoms with E-state index in [9.17, 15) is 4.79 Å². The fraction of sp³-hybridized carbons (Fsp3) is 0.368. The third-order valence-corrected chi connectivity index (χ3v) is 4.84. The average Bonchev–Trinajstić information content (AvgIpc) is 3.34. The number of nitrogens with zero attached hydrogens (tertiary/aromatic N) is 6. The SMILES string of the molecule is C=CC(=O)N1CCC[C@](F)(COc2nc(-c3cnn(C)c3)cn3nccc23)C1. The van der Waals surface area contributed by atoms with Crippen LogP contribution in [0.4, 0.5) is 4.39 Å². The minimum Gasteiger partial charge on any atom is -0.473 e. The highest BCUT2D eigenvalue weighted by Crippen LogP contribution is 2.29. The minimum absolute atomic E-state index is 0.0182. The molecular weight excluding hydrogens is 363 g/mol. The molecule has 3 aromatic rings. The smallest absolute Gasteiger partial charge is 0.246 e. The van der Waals surface area contributed by atoms with Gasteiger partial charge in [-0.3, -0.25) is 9.48 Å². The van der Waals surface area contributed by atoms with Gasteiger partial charge in [0.1, 0.15) is 12.1 Å². The maximum Gasteiger partial charge on any atom is 0.246 e. The Labute approximate surface area is 161 Å². The quantitative estimate of drug-likeness (QED) is 0.629. The van der Waals surface area contributed by atoms with E-state index in [0.29, 0.717) is 36.5 Å². The summed E-state index contributed by atoms with van der Waals surface area (Å²) in [5, 5.41) is 8.40. The molecule has 0 saturated carbocycles. The summed E-state index contributed by atoms with van der Waals surface area (Å²) in [7, 11) is 1.82. The molecule has 146 valence electrons. The lowest BCUT2D eigenvalue weighted by Crippen LogP contribution is -2.50. The zero-order chi connectivity index (χ0) is 19.7. The third kappa shape index (κ3) is 3.47. The zero-order valence-electron chi connectivity index (χ0n) is 15.6. The normalized spacial score (nSPS) is 19.7. The number of halogens is 1. The van der Waals surface area contributed by atoms with Gasteiger partial charge in [0, 0.05) is 25.4 Å². The molecule has 3 aromatic heterocycles. The molecule has 4 heterocycles. The van der Waals surface area contributed by atoms with Gasteiger partial charge in [0.2, 0.25) is 11.8 Å². The summed E-state index contributed by atoms with van der Waals surface area (Å²) in [6.45, 7) is 3.79. The van der Waals surface area contributed by atoms with E-state index < -0.39 is 5.67 Å². The van der Waals surface area contributed by atoms with E-state index >= 15 is 4.39 Å². The van der Waals surface area contributed by atoms with Gasteiger partial charge in [0.25, 0.3) is 0 Å². The van der Waals surface area contributed by atoms with Crippen molar-refractivity contribution in [3.63, 3.8) is 0 Å². The molecule has 1 amide bonds. The Morgan fingerprint density at radius 1 is 1.43 bits per heavy atom. The topological polar surface area (TPSA) is 77.6 Å². The number of rotatable bonds is 5. The number of aromatic nitrogens is 5. The Morgan fingerprint density at radius 2 is 2.29 bits per heavy atom. The molecule has 8 nitrogen and oxygen atoms in total. The molecule has 1 fully saturated rings. The van der Waals surface area contributed by atoms with Crippen LogP contribution in [0.3, 0.4) is 0 Å². The Morgan fingerprint density at radius 3 is 3.04 bits per heavy atom. The zero-order valence-corrected chi connectivity index (χ0v) is 15.6. The molecule has 0 spiro atoms. The van der Waals surface area contributed by atoms with Crippen LogP contribution in [-0.2, 0) is 11.8 Å². The van der Waals surface area contributed by atoms with Crippen molar-refractivity contribution in [2.75, 3.05) is 19.7 Å². The van der Waals surface area contributed by atoms with Crippen LogP contribution in [0.25, 0.3) is 16.8 Å². The summed E-state index contributed by atoms with van der Waals surface area (Å²) < 4.78 is 24.5. The van der Waals surface area contributed by atoms with Crippen molar-refractivity contribution in [1.82, 2.24) is 29.3 Å². The number of likely N-dealkylation sites (tertiary alicyclic amines) is 1. The second-order valence-electron chi connectivity index (χ2n) is 7.00. The number of carbonyl (C=O) groups excluding carboxylic acids is 1. The first-order chi connectivity index (χ1) is 13.5. The van der Waals surface area contributed by atoms with Crippen molar-refractivity contribution in [3.8, 4) is 17.1 Å². The number of piperidine rings is 1. The van der Waals surface area contributed by atoms with Gasteiger partial charge in [-0.05, 0) is 25.0 Å². The van der Waals surface area contributed by atoms with Gasteiger partial charge in [-0.15, -0.1) is 0 Å². The van der Waals surface area contributed by atoms with Crippen molar-refractivity contribution in [2.45, 2.75) is 18.5 Å². The predicted molar refractivity (Wildman–Crippen MR) is 101 cm³/mol. The molecule has 1 aliphatic rings. The molecule has 28 heavy (non-hydrogen) atoms. The molecule has 4 rings (SSSR count). The van der Waals surface area contributed by atoms with Crippen LogP contribution in [0.15, 0.2) is 43.5 Å². The molecule has 1 saturated heterocycles. The summed E-state index contributed by atoms with van der Waals surface area (Å²) in [6.07, 6.45) is 9.04. The van der Waals surface area contributed by atoms with E-state index in [1.807, 2.05) is 13.2 Å². The number of fused-ring (bicyclic) bond motifs is 1. The lowest BCUT2D eigenvalue weighted by molar-refractivity contribution is -0.130. The van der Waals surface area contributed by atoms with E-state index in [1.54, 1.807) is 33.9 Å². The maximum absolute atomic E-state index is 15.3. The first-order valence-corrected chi connectivity index (χ1v) is 9.04.